The van der Waals surface area contributed by atoms with Crippen molar-refractivity contribution in [2.45, 2.75) is 25.0 Å². The number of nitrogens with one attached hydrogen (secondary N) is 1. The van der Waals surface area contributed by atoms with Gasteiger partial charge in [-0.25, -0.2) is 18.2 Å². The van der Waals surface area contributed by atoms with Crippen LogP contribution in [-0.2, 0) is 15.8 Å². The molecule has 0 unspecified atom stereocenters. The van der Waals surface area contributed by atoms with E-state index in [1.807, 2.05) is 0 Å². The highest BCUT2D eigenvalue weighted by Gasteiger charge is 2.18. The molecule has 0 amide bonds. The van der Waals surface area contributed by atoms with Gasteiger partial charge in [-0.1, -0.05) is 18.6 Å². The normalized spacial score (nSPS) is 17.0. The molecule has 2 N–H and O–H groups in total. The molecule has 110 valence electrons. The van der Waals surface area contributed by atoms with Crippen LogP contribution in [0.1, 0.15) is 35.2 Å². The second-order valence-corrected chi connectivity index (χ2v) is 6.60. The number of aromatic carboxylic acids is 1. The molecular weight excluding hydrogens is 280 g/mol. The summed E-state index contributed by atoms with van der Waals surface area (Å²) in [5.74, 6) is -1.17. The van der Waals surface area contributed by atoms with Crippen molar-refractivity contribution >= 4 is 16.0 Å². The predicted molar refractivity (Wildman–Crippen MR) is 74.6 cm³/mol. The van der Waals surface area contributed by atoms with Crippen LogP contribution in [-0.4, -0.2) is 37.6 Å². The molecule has 2 rings (SSSR count). The smallest absolute Gasteiger partial charge is 0.335 e. The maximum Gasteiger partial charge on any atom is 0.335 e. The van der Waals surface area contributed by atoms with E-state index >= 15 is 0 Å². The molecule has 1 aromatic carbocycles. The fraction of sp³-hybridized carbons (Fsp3) is 0.462. The van der Waals surface area contributed by atoms with Crippen LogP contribution in [0.4, 0.5) is 0 Å². The zero-order chi connectivity index (χ0) is 14.6. The molecule has 0 aromatic heterocycles. The van der Waals surface area contributed by atoms with Crippen molar-refractivity contribution in [3.8, 4) is 0 Å². The lowest BCUT2D eigenvalue weighted by molar-refractivity contribution is 0.0697. The Hall–Kier alpha value is -1.44. The average molecular weight is 298 g/mol. The first-order chi connectivity index (χ1) is 9.46. The number of sulfonamides is 1. The maximum atomic E-state index is 12.0. The van der Waals surface area contributed by atoms with E-state index < -0.39 is 16.0 Å². The van der Waals surface area contributed by atoms with Gasteiger partial charge in [0.25, 0.3) is 0 Å². The molecule has 0 radical (unpaired) electrons. The molecule has 1 aliphatic rings. The molecule has 1 heterocycles. The largest absolute Gasteiger partial charge is 0.478 e. The molecule has 1 fully saturated rings. The minimum atomic E-state index is -3.44. The second-order valence-electron chi connectivity index (χ2n) is 4.90. The Morgan fingerprint density at radius 3 is 2.30 bits per heavy atom. The van der Waals surface area contributed by atoms with Gasteiger partial charge in [0, 0.05) is 13.1 Å². The van der Waals surface area contributed by atoms with Crippen molar-refractivity contribution in [2.24, 2.45) is 0 Å². The van der Waals surface area contributed by atoms with E-state index in [2.05, 4.69) is 4.83 Å². The molecule has 0 aliphatic carbocycles. The van der Waals surface area contributed by atoms with Crippen molar-refractivity contribution in [2.75, 3.05) is 13.1 Å². The van der Waals surface area contributed by atoms with Crippen LogP contribution < -0.4 is 4.83 Å². The maximum absolute atomic E-state index is 12.0. The average Bonchev–Trinajstić information content (AvgIpc) is 2.39. The summed E-state index contributed by atoms with van der Waals surface area (Å²) in [6.45, 7) is 1.47. The summed E-state index contributed by atoms with van der Waals surface area (Å²) in [4.78, 5) is 13.3. The van der Waals surface area contributed by atoms with E-state index in [-0.39, 0.29) is 11.3 Å². The molecule has 1 aliphatic heterocycles. The van der Waals surface area contributed by atoms with Gasteiger partial charge in [-0.05, 0) is 30.5 Å². The number of hydrogen-bond donors (Lipinski definition) is 2. The Labute approximate surface area is 118 Å². The van der Waals surface area contributed by atoms with Gasteiger partial charge in [0.1, 0.15) is 0 Å². The van der Waals surface area contributed by atoms with Crippen molar-refractivity contribution in [3.63, 3.8) is 0 Å². The van der Waals surface area contributed by atoms with Gasteiger partial charge < -0.3 is 5.11 Å². The zero-order valence-corrected chi connectivity index (χ0v) is 11.9. The number of benzene rings is 1. The summed E-state index contributed by atoms with van der Waals surface area (Å²) in [6, 6.07) is 5.87. The monoisotopic (exact) mass is 298 g/mol. The molecule has 20 heavy (non-hydrogen) atoms. The van der Waals surface area contributed by atoms with E-state index in [0.29, 0.717) is 5.56 Å². The van der Waals surface area contributed by atoms with E-state index in [1.54, 1.807) is 5.01 Å². The molecule has 0 spiro atoms. The fourth-order valence-corrected chi connectivity index (χ4v) is 3.45. The van der Waals surface area contributed by atoms with Crippen LogP contribution in [0.2, 0.25) is 0 Å². The highest BCUT2D eigenvalue weighted by molar-refractivity contribution is 7.88. The summed E-state index contributed by atoms with van der Waals surface area (Å²) in [6.07, 6.45) is 3.13. The highest BCUT2D eigenvalue weighted by atomic mass is 32.2. The van der Waals surface area contributed by atoms with Crippen molar-refractivity contribution in [3.05, 3.63) is 35.4 Å². The van der Waals surface area contributed by atoms with Crippen LogP contribution >= 0.6 is 0 Å². The molecule has 0 bridgehead atoms. The third-order valence-corrected chi connectivity index (χ3v) is 4.43. The first-order valence-electron chi connectivity index (χ1n) is 6.53. The van der Waals surface area contributed by atoms with E-state index in [9.17, 15) is 13.2 Å². The molecule has 6 nitrogen and oxygen atoms in total. The predicted octanol–water partition coefficient (Wildman–Crippen LogP) is 1.21. The third-order valence-electron chi connectivity index (χ3n) is 3.18. The van der Waals surface area contributed by atoms with Crippen LogP contribution in [0.25, 0.3) is 0 Å². The molecule has 7 heteroatoms. The van der Waals surface area contributed by atoms with Gasteiger partial charge in [0.15, 0.2) is 0 Å². The van der Waals surface area contributed by atoms with Crippen molar-refractivity contribution < 1.29 is 18.3 Å². The van der Waals surface area contributed by atoms with Gasteiger partial charge in [0.05, 0.1) is 11.3 Å². The number of carboxylic acid groups (broad SMARTS) is 1. The Kier molecular flexibility index (Phi) is 4.74. The Bertz CT molecular complexity index is 563. The first-order valence-corrected chi connectivity index (χ1v) is 8.19. The number of carbonyl (C=O) groups is 1. The molecular formula is C13H18N2O4S. The number of piperidine rings is 1. The Morgan fingerprint density at radius 2 is 1.75 bits per heavy atom. The number of hydrogen-bond acceptors (Lipinski definition) is 4. The summed E-state index contributed by atoms with van der Waals surface area (Å²) in [5, 5.41) is 10.5. The number of hydrazine groups is 1. The van der Waals surface area contributed by atoms with Crippen LogP contribution in [0.3, 0.4) is 0 Å². The lowest BCUT2D eigenvalue weighted by Crippen LogP contribution is -2.45. The highest BCUT2D eigenvalue weighted by Crippen LogP contribution is 2.10. The van der Waals surface area contributed by atoms with Crippen molar-refractivity contribution in [1.29, 1.82) is 0 Å². The molecule has 0 saturated carbocycles. The van der Waals surface area contributed by atoms with Crippen LogP contribution in [0.15, 0.2) is 24.3 Å². The summed E-state index contributed by atoms with van der Waals surface area (Å²) in [5.41, 5.74) is 0.717. The third kappa shape index (κ3) is 4.29. The Morgan fingerprint density at radius 1 is 1.15 bits per heavy atom. The molecule has 0 atom stereocenters. The summed E-state index contributed by atoms with van der Waals surface area (Å²) < 4.78 is 24.0. The fourth-order valence-electron chi connectivity index (χ4n) is 2.18. The zero-order valence-electron chi connectivity index (χ0n) is 11.1. The summed E-state index contributed by atoms with van der Waals surface area (Å²) in [7, 11) is -3.44. The second kappa shape index (κ2) is 6.34. The topological polar surface area (TPSA) is 86.7 Å². The van der Waals surface area contributed by atoms with Gasteiger partial charge in [-0.3, -0.25) is 0 Å². The van der Waals surface area contributed by atoms with Crippen LogP contribution in [0, 0.1) is 0 Å². The van der Waals surface area contributed by atoms with Gasteiger partial charge in [-0.2, -0.15) is 0 Å². The van der Waals surface area contributed by atoms with Crippen LogP contribution in [0.5, 0.6) is 0 Å². The minimum Gasteiger partial charge on any atom is -0.478 e. The standard InChI is InChI=1S/C13H18N2O4S/c16-13(17)12-6-4-11(5-7-12)10-20(18,19)14-15-8-2-1-3-9-15/h4-7,14H,1-3,8-10H2,(H,16,17). The quantitative estimate of drug-likeness (QED) is 0.853. The summed E-state index contributed by atoms with van der Waals surface area (Å²) >= 11 is 0. The SMILES string of the molecule is O=C(O)c1ccc(CS(=O)(=O)NN2CCCCC2)cc1. The lowest BCUT2D eigenvalue weighted by Gasteiger charge is -2.26. The van der Waals surface area contributed by atoms with Gasteiger partial charge in [0.2, 0.25) is 10.0 Å². The first kappa shape index (κ1) is 15.0. The van der Waals surface area contributed by atoms with Gasteiger partial charge >= 0.3 is 5.97 Å². The lowest BCUT2D eigenvalue weighted by atomic mass is 10.1. The Balaban J connectivity index is 1.98. The number of nitrogens with zero attached hydrogens (tertiary/aromatic N) is 1. The van der Waals surface area contributed by atoms with Crippen molar-refractivity contribution in [1.82, 2.24) is 9.84 Å². The minimum absolute atomic E-state index is 0.148. The number of rotatable bonds is 5. The molecule has 1 saturated heterocycles. The molecule has 1 aromatic rings. The van der Waals surface area contributed by atoms with E-state index in [1.165, 1.54) is 24.3 Å². The number of carboxylic acids is 1. The van der Waals surface area contributed by atoms with Gasteiger partial charge in [-0.15, -0.1) is 4.83 Å². The van der Waals surface area contributed by atoms with E-state index in [4.69, 9.17) is 5.11 Å². The van der Waals surface area contributed by atoms with E-state index in [0.717, 1.165) is 32.4 Å².